The van der Waals surface area contributed by atoms with Crippen molar-refractivity contribution >= 4 is 23.3 Å². The Morgan fingerprint density at radius 2 is 2.04 bits per heavy atom. The number of hydrogen-bond acceptors (Lipinski definition) is 5. The Bertz CT molecular complexity index is 863. The van der Waals surface area contributed by atoms with Crippen molar-refractivity contribution in [2.24, 2.45) is 0 Å². The second-order valence-corrected chi connectivity index (χ2v) is 6.90. The normalized spacial score (nSPS) is 12.1. The fourth-order valence-electron chi connectivity index (χ4n) is 2.77. The molecule has 0 aliphatic heterocycles. The average Bonchev–Trinajstić information content (AvgIpc) is 3.10. The summed E-state index contributed by atoms with van der Waals surface area (Å²) in [5, 5.41) is 11.6. The van der Waals surface area contributed by atoms with E-state index >= 15 is 0 Å². The van der Waals surface area contributed by atoms with Crippen LogP contribution in [0.2, 0.25) is 0 Å². The zero-order valence-electron chi connectivity index (χ0n) is 14.9. The Kier molecular flexibility index (Phi) is 6.12. The monoisotopic (exact) mass is 370 g/mol. The summed E-state index contributed by atoms with van der Waals surface area (Å²) in [4.78, 5) is 12.6. The van der Waals surface area contributed by atoms with E-state index in [2.05, 4.69) is 21.8 Å². The maximum Gasteiger partial charge on any atom is 0.225 e. The van der Waals surface area contributed by atoms with E-state index in [9.17, 15) is 4.79 Å². The summed E-state index contributed by atoms with van der Waals surface area (Å²) in [7, 11) is 1.63. The molecule has 0 aliphatic carbocycles. The van der Waals surface area contributed by atoms with Crippen LogP contribution in [0.4, 0.5) is 0 Å². The SMILES string of the molecule is COc1ccc(CC(=O)NC(CCSC)c2nnc3ccccn23)cc1. The number of fused-ring (bicyclic) bond motifs is 1. The van der Waals surface area contributed by atoms with Crippen LogP contribution in [0, 0.1) is 0 Å². The van der Waals surface area contributed by atoms with Crippen molar-refractivity contribution in [1.82, 2.24) is 19.9 Å². The minimum atomic E-state index is -0.175. The number of pyridine rings is 1. The van der Waals surface area contributed by atoms with Crippen LogP contribution >= 0.6 is 11.8 Å². The molecule has 0 aliphatic rings. The van der Waals surface area contributed by atoms with Crippen molar-refractivity contribution in [2.45, 2.75) is 18.9 Å². The number of rotatable bonds is 8. The molecule has 7 heteroatoms. The molecule has 1 N–H and O–H groups in total. The number of methoxy groups -OCH3 is 1. The first-order chi connectivity index (χ1) is 12.7. The number of benzene rings is 1. The lowest BCUT2D eigenvalue weighted by atomic mass is 10.1. The van der Waals surface area contributed by atoms with Gasteiger partial charge < -0.3 is 10.1 Å². The third-order valence-electron chi connectivity index (χ3n) is 4.12. The highest BCUT2D eigenvalue weighted by molar-refractivity contribution is 7.98. The molecule has 0 radical (unpaired) electrons. The summed E-state index contributed by atoms with van der Waals surface area (Å²) in [5.74, 6) is 2.43. The Labute approximate surface area is 157 Å². The van der Waals surface area contributed by atoms with E-state index in [0.717, 1.165) is 35.0 Å². The third kappa shape index (κ3) is 4.35. The number of thioether (sulfide) groups is 1. The molecule has 2 heterocycles. The largest absolute Gasteiger partial charge is 0.497 e. The number of carbonyl (C=O) groups excluding carboxylic acids is 1. The van der Waals surface area contributed by atoms with Gasteiger partial charge in [0.05, 0.1) is 19.6 Å². The third-order valence-corrected chi connectivity index (χ3v) is 4.77. The lowest BCUT2D eigenvalue weighted by molar-refractivity contribution is -0.121. The molecule has 1 atom stereocenters. The van der Waals surface area contributed by atoms with Crippen LogP contribution in [-0.4, -0.2) is 39.6 Å². The first-order valence-electron chi connectivity index (χ1n) is 8.42. The summed E-state index contributed by atoms with van der Waals surface area (Å²) in [6.07, 6.45) is 5.09. The second kappa shape index (κ2) is 8.71. The van der Waals surface area contributed by atoms with Gasteiger partial charge in [-0.25, -0.2) is 0 Å². The van der Waals surface area contributed by atoms with Gasteiger partial charge in [0.1, 0.15) is 5.75 Å². The Balaban J connectivity index is 1.74. The molecule has 0 saturated carbocycles. The topological polar surface area (TPSA) is 68.5 Å². The minimum Gasteiger partial charge on any atom is -0.497 e. The van der Waals surface area contributed by atoms with Gasteiger partial charge in [0.15, 0.2) is 11.5 Å². The summed E-state index contributed by atoms with van der Waals surface area (Å²) >= 11 is 1.75. The zero-order valence-corrected chi connectivity index (χ0v) is 15.7. The second-order valence-electron chi connectivity index (χ2n) is 5.91. The van der Waals surface area contributed by atoms with Crippen LogP contribution in [-0.2, 0) is 11.2 Å². The molecule has 1 unspecified atom stereocenters. The van der Waals surface area contributed by atoms with Crippen LogP contribution < -0.4 is 10.1 Å². The molecular formula is C19H22N4O2S. The van der Waals surface area contributed by atoms with Crippen LogP contribution in [0.1, 0.15) is 23.9 Å². The Hall–Kier alpha value is -2.54. The van der Waals surface area contributed by atoms with E-state index < -0.39 is 0 Å². The number of carbonyl (C=O) groups is 1. The van der Waals surface area contributed by atoms with Crippen molar-refractivity contribution in [1.29, 1.82) is 0 Å². The predicted octanol–water partition coefficient (Wildman–Crippen LogP) is 2.89. The molecule has 1 aromatic carbocycles. The van der Waals surface area contributed by atoms with E-state index in [1.165, 1.54) is 0 Å². The fraction of sp³-hybridized carbons (Fsp3) is 0.316. The van der Waals surface area contributed by atoms with Crippen molar-refractivity contribution in [3.8, 4) is 5.75 Å². The molecule has 3 aromatic rings. The molecule has 6 nitrogen and oxygen atoms in total. The number of amides is 1. The van der Waals surface area contributed by atoms with Gasteiger partial charge in [-0.05, 0) is 48.3 Å². The first-order valence-corrected chi connectivity index (χ1v) is 9.81. The predicted molar refractivity (Wildman–Crippen MR) is 104 cm³/mol. The number of aromatic nitrogens is 3. The van der Waals surface area contributed by atoms with Gasteiger partial charge in [-0.1, -0.05) is 18.2 Å². The maximum atomic E-state index is 12.6. The molecule has 136 valence electrons. The number of nitrogens with one attached hydrogen (secondary N) is 1. The van der Waals surface area contributed by atoms with Crippen molar-refractivity contribution in [3.05, 3.63) is 60.0 Å². The van der Waals surface area contributed by atoms with Crippen LogP contribution in [0.25, 0.3) is 5.65 Å². The Morgan fingerprint density at radius 1 is 1.23 bits per heavy atom. The molecule has 0 bridgehead atoms. The molecular weight excluding hydrogens is 348 g/mol. The van der Waals surface area contributed by atoms with Crippen molar-refractivity contribution in [2.75, 3.05) is 19.1 Å². The van der Waals surface area contributed by atoms with Crippen LogP contribution in [0.15, 0.2) is 48.7 Å². The molecule has 3 rings (SSSR count). The fourth-order valence-corrected chi connectivity index (χ4v) is 3.24. The molecule has 0 spiro atoms. The maximum absolute atomic E-state index is 12.6. The van der Waals surface area contributed by atoms with E-state index in [1.54, 1.807) is 18.9 Å². The quantitative estimate of drug-likeness (QED) is 0.660. The highest BCUT2D eigenvalue weighted by Gasteiger charge is 2.20. The highest BCUT2D eigenvalue weighted by atomic mass is 32.2. The van der Waals surface area contributed by atoms with Gasteiger partial charge in [-0.3, -0.25) is 9.20 Å². The highest BCUT2D eigenvalue weighted by Crippen LogP contribution is 2.19. The van der Waals surface area contributed by atoms with Gasteiger partial charge in [-0.15, -0.1) is 10.2 Å². The minimum absolute atomic E-state index is 0.0334. The summed E-state index contributed by atoms with van der Waals surface area (Å²) < 4.78 is 7.08. The molecule has 0 saturated heterocycles. The number of ether oxygens (including phenoxy) is 1. The van der Waals surface area contributed by atoms with E-state index in [0.29, 0.717) is 6.42 Å². The van der Waals surface area contributed by atoms with Crippen molar-refractivity contribution < 1.29 is 9.53 Å². The number of nitrogens with zero attached hydrogens (tertiary/aromatic N) is 3. The first kappa shape index (κ1) is 18.3. The molecule has 26 heavy (non-hydrogen) atoms. The summed E-state index contributed by atoms with van der Waals surface area (Å²) in [6.45, 7) is 0. The van der Waals surface area contributed by atoms with Gasteiger partial charge in [0, 0.05) is 6.20 Å². The lowest BCUT2D eigenvalue weighted by Gasteiger charge is -2.17. The van der Waals surface area contributed by atoms with E-state index in [-0.39, 0.29) is 11.9 Å². The van der Waals surface area contributed by atoms with Crippen molar-refractivity contribution in [3.63, 3.8) is 0 Å². The summed E-state index contributed by atoms with van der Waals surface area (Å²) in [5.41, 5.74) is 1.72. The smallest absolute Gasteiger partial charge is 0.225 e. The van der Waals surface area contributed by atoms with Crippen LogP contribution in [0.5, 0.6) is 5.75 Å². The van der Waals surface area contributed by atoms with Gasteiger partial charge in [-0.2, -0.15) is 11.8 Å². The van der Waals surface area contributed by atoms with Gasteiger partial charge in [0.25, 0.3) is 0 Å². The zero-order chi connectivity index (χ0) is 18.4. The number of hydrogen-bond donors (Lipinski definition) is 1. The molecule has 1 amide bonds. The summed E-state index contributed by atoms with van der Waals surface area (Å²) in [6, 6.07) is 13.1. The van der Waals surface area contributed by atoms with E-state index in [1.807, 2.05) is 53.1 Å². The van der Waals surface area contributed by atoms with Gasteiger partial charge >= 0.3 is 0 Å². The van der Waals surface area contributed by atoms with Crippen LogP contribution in [0.3, 0.4) is 0 Å². The molecule has 2 aromatic heterocycles. The average molecular weight is 370 g/mol. The van der Waals surface area contributed by atoms with Gasteiger partial charge in [0.2, 0.25) is 5.91 Å². The Morgan fingerprint density at radius 3 is 2.77 bits per heavy atom. The van der Waals surface area contributed by atoms with E-state index in [4.69, 9.17) is 4.74 Å². The molecule has 0 fully saturated rings. The standard InChI is InChI=1S/C19H22N4O2S/c1-25-15-8-6-14(7-9-15)13-18(24)20-16(10-12-26-2)19-22-21-17-5-3-4-11-23(17)19/h3-9,11,16H,10,12-13H2,1-2H3,(H,20,24). The lowest BCUT2D eigenvalue weighted by Crippen LogP contribution is -2.31.